The molecule has 3 heteroatoms. The van der Waals surface area contributed by atoms with Crippen molar-refractivity contribution in [2.75, 3.05) is 6.26 Å². The van der Waals surface area contributed by atoms with Crippen molar-refractivity contribution in [2.45, 2.75) is 23.7 Å². The summed E-state index contributed by atoms with van der Waals surface area (Å²) in [6.45, 7) is 0. The highest BCUT2D eigenvalue weighted by atomic mass is 79.9. The maximum atomic E-state index is 4.44. The van der Waals surface area contributed by atoms with Crippen molar-refractivity contribution >= 4 is 27.7 Å². The number of thioether (sulfide) groups is 1. The second-order valence-corrected chi connectivity index (χ2v) is 4.78. The van der Waals surface area contributed by atoms with E-state index in [4.69, 9.17) is 0 Å². The van der Waals surface area contributed by atoms with E-state index in [9.17, 15) is 0 Å². The lowest BCUT2D eigenvalue weighted by atomic mass is 10.2. The lowest BCUT2D eigenvalue weighted by molar-refractivity contribution is 0.963. The molecule has 0 atom stereocenters. The van der Waals surface area contributed by atoms with Crippen LogP contribution in [0.4, 0.5) is 0 Å². The fourth-order valence-electron chi connectivity index (χ4n) is 1.26. The molecule has 1 fully saturated rings. The Bertz CT molecular complexity index is 297. The first-order valence-corrected chi connectivity index (χ1v) is 6.02. The van der Waals surface area contributed by atoms with Crippen LogP contribution < -0.4 is 0 Å². The zero-order valence-electron chi connectivity index (χ0n) is 6.88. The van der Waals surface area contributed by atoms with Crippen molar-refractivity contribution in [2.24, 2.45) is 0 Å². The Morgan fingerprint density at radius 3 is 2.92 bits per heavy atom. The van der Waals surface area contributed by atoms with Crippen LogP contribution in [0.25, 0.3) is 0 Å². The number of halogens is 1. The molecule has 0 aromatic carbocycles. The maximum absolute atomic E-state index is 4.44. The van der Waals surface area contributed by atoms with Crippen LogP contribution in [0.3, 0.4) is 0 Å². The van der Waals surface area contributed by atoms with Crippen LogP contribution in [0.15, 0.2) is 21.6 Å². The highest BCUT2D eigenvalue weighted by molar-refractivity contribution is 9.10. The Morgan fingerprint density at radius 1 is 1.58 bits per heavy atom. The van der Waals surface area contributed by atoms with E-state index in [2.05, 4.69) is 33.2 Å². The lowest BCUT2D eigenvalue weighted by Crippen LogP contribution is -1.89. The zero-order chi connectivity index (χ0) is 8.55. The monoisotopic (exact) mass is 243 g/mol. The second kappa shape index (κ2) is 3.38. The van der Waals surface area contributed by atoms with Crippen molar-refractivity contribution in [1.29, 1.82) is 0 Å². The third-order valence-electron chi connectivity index (χ3n) is 2.03. The molecule has 0 amide bonds. The molecule has 0 unspecified atom stereocenters. The Labute approximate surface area is 85.1 Å². The molecule has 1 aromatic heterocycles. The van der Waals surface area contributed by atoms with E-state index < -0.39 is 0 Å². The molecule has 0 radical (unpaired) electrons. The molecule has 0 aliphatic heterocycles. The summed E-state index contributed by atoms with van der Waals surface area (Å²) in [5.41, 5.74) is 1.30. The third kappa shape index (κ3) is 1.67. The molecular formula is C9H10BrNS. The first-order chi connectivity index (χ1) is 5.81. The Hall–Kier alpha value is -0.0200. The molecular weight excluding hydrogens is 234 g/mol. The summed E-state index contributed by atoms with van der Waals surface area (Å²) in [5.74, 6) is 0.751. The van der Waals surface area contributed by atoms with Gasteiger partial charge >= 0.3 is 0 Å². The van der Waals surface area contributed by atoms with Crippen molar-refractivity contribution in [1.82, 2.24) is 4.98 Å². The van der Waals surface area contributed by atoms with Crippen LogP contribution in [0.5, 0.6) is 0 Å². The summed E-state index contributed by atoms with van der Waals surface area (Å²) < 4.78 is 1.08. The fraction of sp³-hybridized carbons (Fsp3) is 0.444. The average Bonchev–Trinajstić information content (AvgIpc) is 2.87. The van der Waals surface area contributed by atoms with Crippen molar-refractivity contribution < 1.29 is 0 Å². The molecule has 1 aliphatic carbocycles. The van der Waals surface area contributed by atoms with Gasteiger partial charge in [0, 0.05) is 21.5 Å². The summed E-state index contributed by atoms with van der Waals surface area (Å²) in [4.78, 5) is 5.77. The molecule has 0 saturated heterocycles. The van der Waals surface area contributed by atoms with Gasteiger partial charge in [-0.15, -0.1) is 11.8 Å². The Balaban J connectivity index is 2.38. The molecule has 64 valence electrons. The van der Waals surface area contributed by atoms with E-state index >= 15 is 0 Å². The minimum absolute atomic E-state index is 0.751. The van der Waals surface area contributed by atoms with Gasteiger partial charge in [0.05, 0.1) is 5.69 Å². The standard InChI is InChI=1S/C9H10BrNS/c1-12-8-4-7(10)5-11-9(8)6-2-3-6/h4-6H,2-3H2,1H3. The van der Waals surface area contributed by atoms with E-state index in [0.717, 1.165) is 10.4 Å². The van der Waals surface area contributed by atoms with E-state index in [-0.39, 0.29) is 0 Å². The van der Waals surface area contributed by atoms with Crippen LogP contribution in [-0.2, 0) is 0 Å². The molecule has 0 bridgehead atoms. The second-order valence-electron chi connectivity index (χ2n) is 3.02. The van der Waals surface area contributed by atoms with Gasteiger partial charge in [0.25, 0.3) is 0 Å². The minimum Gasteiger partial charge on any atom is -0.259 e. The quantitative estimate of drug-likeness (QED) is 0.739. The van der Waals surface area contributed by atoms with Crippen LogP contribution in [0.1, 0.15) is 24.5 Å². The largest absolute Gasteiger partial charge is 0.259 e. The smallest absolute Gasteiger partial charge is 0.0570 e. The van der Waals surface area contributed by atoms with Crippen LogP contribution in [-0.4, -0.2) is 11.2 Å². The average molecular weight is 244 g/mol. The van der Waals surface area contributed by atoms with Gasteiger partial charge < -0.3 is 0 Å². The van der Waals surface area contributed by atoms with Crippen LogP contribution >= 0.6 is 27.7 Å². The van der Waals surface area contributed by atoms with E-state index in [1.807, 2.05) is 6.20 Å². The van der Waals surface area contributed by atoms with Crippen molar-refractivity contribution in [3.63, 3.8) is 0 Å². The molecule has 1 aromatic rings. The van der Waals surface area contributed by atoms with Gasteiger partial charge in [-0.25, -0.2) is 0 Å². The van der Waals surface area contributed by atoms with Crippen LogP contribution in [0.2, 0.25) is 0 Å². The zero-order valence-corrected chi connectivity index (χ0v) is 9.28. The first kappa shape index (κ1) is 8.57. The summed E-state index contributed by atoms with van der Waals surface area (Å²) >= 11 is 5.22. The predicted octanol–water partition coefficient (Wildman–Crippen LogP) is 3.44. The molecule has 12 heavy (non-hydrogen) atoms. The maximum Gasteiger partial charge on any atom is 0.0570 e. The Morgan fingerprint density at radius 2 is 2.33 bits per heavy atom. The summed E-state index contributed by atoms with van der Waals surface area (Å²) in [6.07, 6.45) is 6.65. The van der Waals surface area contributed by atoms with Gasteiger partial charge in [-0.2, -0.15) is 0 Å². The highest BCUT2D eigenvalue weighted by Crippen LogP contribution is 2.43. The van der Waals surface area contributed by atoms with Gasteiger partial charge in [0.2, 0.25) is 0 Å². The molecule has 1 saturated carbocycles. The number of aromatic nitrogens is 1. The normalized spacial score (nSPS) is 16.5. The summed E-state index contributed by atoms with van der Waals surface area (Å²) in [7, 11) is 0. The Kier molecular flexibility index (Phi) is 2.42. The van der Waals surface area contributed by atoms with Gasteiger partial charge in [-0.05, 0) is 41.1 Å². The van der Waals surface area contributed by atoms with Gasteiger partial charge in [0.15, 0.2) is 0 Å². The van der Waals surface area contributed by atoms with E-state index in [0.29, 0.717) is 0 Å². The molecule has 1 heterocycles. The minimum atomic E-state index is 0.751. The van der Waals surface area contributed by atoms with Gasteiger partial charge in [-0.1, -0.05) is 0 Å². The SMILES string of the molecule is CSc1cc(Br)cnc1C1CC1. The number of nitrogens with zero attached hydrogens (tertiary/aromatic N) is 1. The number of hydrogen-bond acceptors (Lipinski definition) is 2. The van der Waals surface area contributed by atoms with Gasteiger partial charge in [-0.3, -0.25) is 4.98 Å². The van der Waals surface area contributed by atoms with Crippen molar-refractivity contribution in [3.8, 4) is 0 Å². The van der Waals surface area contributed by atoms with E-state index in [1.54, 1.807) is 11.8 Å². The summed E-state index contributed by atoms with van der Waals surface area (Å²) in [5, 5.41) is 0. The summed E-state index contributed by atoms with van der Waals surface area (Å²) in [6, 6.07) is 2.16. The molecule has 1 aliphatic rings. The van der Waals surface area contributed by atoms with Gasteiger partial charge in [0.1, 0.15) is 0 Å². The topological polar surface area (TPSA) is 12.9 Å². The molecule has 0 N–H and O–H groups in total. The lowest BCUT2D eigenvalue weighted by Gasteiger charge is -2.04. The van der Waals surface area contributed by atoms with Crippen molar-refractivity contribution in [3.05, 3.63) is 22.4 Å². The predicted molar refractivity (Wildman–Crippen MR) is 55.7 cm³/mol. The first-order valence-electron chi connectivity index (χ1n) is 4.00. The number of pyridine rings is 1. The molecule has 1 nitrogen and oxygen atoms in total. The van der Waals surface area contributed by atoms with Crippen LogP contribution in [0, 0.1) is 0 Å². The highest BCUT2D eigenvalue weighted by Gasteiger charge is 2.27. The third-order valence-corrected chi connectivity index (χ3v) is 3.23. The molecule has 0 spiro atoms. The number of hydrogen-bond donors (Lipinski definition) is 0. The molecule has 2 rings (SSSR count). The van der Waals surface area contributed by atoms with E-state index in [1.165, 1.54) is 23.4 Å². The fourth-order valence-corrected chi connectivity index (χ4v) is 2.41. The number of rotatable bonds is 2.